The maximum Gasteiger partial charge on any atom is 0.135 e. The van der Waals surface area contributed by atoms with Crippen molar-refractivity contribution >= 4 is 0 Å². The normalized spacial score (nSPS) is 15.2. The number of rotatable bonds is 6. The van der Waals surface area contributed by atoms with Gasteiger partial charge in [0.2, 0.25) is 0 Å². The highest BCUT2D eigenvalue weighted by atomic mass is 16.3. The zero-order valence-electron chi connectivity index (χ0n) is 14.7. The molecule has 0 fully saturated rings. The molecule has 3 N–H and O–H groups in total. The van der Waals surface area contributed by atoms with Crippen LogP contribution in [-0.4, -0.2) is 17.3 Å². The summed E-state index contributed by atoms with van der Waals surface area (Å²) >= 11 is 0. The number of aliphatic hydroxyl groups is 1. The Morgan fingerprint density at radius 2 is 1.73 bits per heavy atom. The standard InChI is InChI=1S/C20H31NO/c1-7-20(22,18(2,3)4)19(5,6)15-17-11-8-10-16(14-17)12-9-13-21/h1,8,10-11,14,22H,9,12-13,15,21H2,2-6H3. The van der Waals surface area contributed by atoms with Crippen LogP contribution in [0.4, 0.5) is 0 Å². The summed E-state index contributed by atoms with van der Waals surface area (Å²) in [4.78, 5) is 0. The molecular formula is C20H31NO. The van der Waals surface area contributed by atoms with Gasteiger partial charge >= 0.3 is 0 Å². The molecule has 0 aliphatic rings. The summed E-state index contributed by atoms with van der Waals surface area (Å²) in [7, 11) is 0. The zero-order valence-corrected chi connectivity index (χ0v) is 14.7. The Labute approximate surface area is 136 Å². The van der Waals surface area contributed by atoms with Crippen molar-refractivity contribution in [3.63, 3.8) is 0 Å². The Balaban J connectivity index is 3.04. The second-order valence-corrected chi connectivity index (χ2v) is 7.88. The predicted octanol–water partition coefficient (Wildman–Crippen LogP) is 3.56. The maximum atomic E-state index is 11.1. The van der Waals surface area contributed by atoms with Crippen molar-refractivity contribution in [2.45, 2.75) is 59.5 Å². The molecule has 1 atom stereocenters. The molecule has 0 saturated heterocycles. The second kappa shape index (κ2) is 6.86. The van der Waals surface area contributed by atoms with Crippen LogP contribution < -0.4 is 5.73 Å². The third-order valence-electron chi connectivity index (χ3n) is 4.58. The molecule has 2 nitrogen and oxygen atoms in total. The number of hydrogen-bond donors (Lipinski definition) is 2. The molecule has 0 spiro atoms. The zero-order chi connectivity index (χ0) is 17.0. The lowest BCUT2D eigenvalue weighted by Gasteiger charge is -2.47. The van der Waals surface area contributed by atoms with Crippen molar-refractivity contribution in [1.29, 1.82) is 0 Å². The predicted molar refractivity (Wildman–Crippen MR) is 94.5 cm³/mol. The van der Waals surface area contributed by atoms with Crippen molar-refractivity contribution in [1.82, 2.24) is 0 Å². The van der Waals surface area contributed by atoms with Gasteiger partial charge in [-0.05, 0) is 36.9 Å². The van der Waals surface area contributed by atoms with Crippen molar-refractivity contribution in [3.05, 3.63) is 35.4 Å². The van der Waals surface area contributed by atoms with Crippen molar-refractivity contribution in [3.8, 4) is 12.3 Å². The van der Waals surface area contributed by atoms with E-state index in [4.69, 9.17) is 12.2 Å². The Morgan fingerprint density at radius 1 is 1.14 bits per heavy atom. The summed E-state index contributed by atoms with van der Waals surface area (Å²) in [6.07, 6.45) is 8.43. The number of aryl methyl sites for hydroxylation is 1. The third-order valence-corrected chi connectivity index (χ3v) is 4.58. The molecule has 1 aromatic rings. The average Bonchev–Trinajstić information content (AvgIpc) is 2.42. The van der Waals surface area contributed by atoms with E-state index in [9.17, 15) is 5.11 Å². The van der Waals surface area contributed by atoms with E-state index >= 15 is 0 Å². The maximum absolute atomic E-state index is 11.1. The van der Waals surface area contributed by atoms with Gasteiger partial charge in [-0.15, -0.1) is 6.42 Å². The van der Waals surface area contributed by atoms with Gasteiger partial charge in [0.05, 0.1) is 0 Å². The summed E-state index contributed by atoms with van der Waals surface area (Å²) in [5.41, 5.74) is 6.10. The first kappa shape index (κ1) is 18.7. The van der Waals surface area contributed by atoms with Crippen molar-refractivity contribution in [2.24, 2.45) is 16.6 Å². The van der Waals surface area contributed by atoms with Crippen LogP contribution in [0.1, 0.15) is 52.2 Å². The molecule has 2 heteroatoms. The molecular weight excluding hydrogens is 270 g/mol. The van der Waals surface area contributed by atoms with Crippen molar-refractivity contribution < 1.29 is 5.11 Å². The van der Waals surface area contributed by atoms with E-state index < -0.39 is 11.0 Å². The molecule has 0 saturated carbocycles. The smallest absolute Gasteiger partial charge is 0.135 e. The van der Waals surface area contributed by atoms with Gasteiger partial charge in [0, 0.05) is 10.8 Å². The summed E-state index contributed by atoms with van der Waals surface area (Å²) < 4.78 is 0. The topological polar surface area (TPSA) is 46.2 Å². The lowest BCUT2D eigenvalue weighted by molar-refractivity contribution is -0.0954. The van der Waals surface area contributed by atoms with Gasteiger partial charge < -0.3 is 10.8 Å². The van der Waals surface area contributed by atoms with E-state index in [0.29, 0.717) is 6.54 Å². The fourth-order valence-corrected chi connectivity index (χ4v) is 3.27. The highest BCUT2D eigenvalue weighted by Crippen LogP contribution is 2.45. The van der Waals surface area contributed by atoms with Gasteiger partial charge in [-0.3, -0.25) is 0 Å². The molecule has 1 unspecified atom stereocenters. The van der Waals surface area contributed by atoms with E-state index in [2.05, 4.69) is 30.2 Å². The molecule has 0 heterocycles. The van der Waals surface area contributed by atoms with Gasteiger partial charge in [-0.25, -0.2) is 0 Å². The Hall–Kier alpha value is -1.30. The lowest BCUT2D eigenvalue weighted by atomic mass is 9.60. The molecule has 0 aliphatic carbocycles. The van der Waals surface area contributed by atoms with Crippen LogP contribution in [0.15, 0.2) is 24.3 Å². The van der Waals surface area contributed by atoms with Gasteiger partial charge in [0.25, 0.3) is 0 Å². The minimum Gasteiger partial charge on any atom is -0.376 e. The van der Waals surface area contributed by atoms with Crippen LogP contribution in [-0.2, 0) is 12.8 Å². The van der Waals surface area contributed by atoms with Crippen LogP contribution in [0, 0.1) is 23.2 Å². The van der Waals surface area contributed by atoms with Gasteiger partial charge in [0.15, 0.2) is 0 Å². The molecule has 0 aromatic heterocycles. The Morgan fingerprint density at radius 3 is 2.23 bits per heavy atom. The quantitative estimate of drug-likeness (QED) is 0.789. The van der Waals surface area contributed by atoms with E-state index in [1.807, 2.05) is 34.6 Å². The van der Waals surface area contributed by atoms with Gasteiger partial charge in [-0.1, -0.05) is 64.8 Å². The first-order valence-electron chi connectivity index (χ1n) is 8.05. The van der Waals surface area contributed by atoms with Crippen molar-refractivity contribution in [2.75, 3.05) is 6.54 Å². The number of nitrogens with two attached hydrogens (primary N) is 1. The molecule has 0 amide bonds. The highest BCUT2D eigenvalue weighted by molar-refractivity contribution is 5.28. The number of benzene rings is 1. The van der Waals surface area contributed by atoms with E-state index in [0.717, 1.165) is 19.3 Å². The first-order valence-corrected chi connectivity index (χ1v) is 8.05. The highest BCUT2D eigenvalue weighted by Gasteiger charge is 2.50. The van der Waals surface area contributed by atoms with Crippen LogP contribution in [0.3, 0.4) is 0 Å². The largest absolute Gasteiger partial charge is 0.376 e. The van der Waals surface area contributed by atoms with Crippen LogP contribution in [0.25, 0.3) is 0 Å². The third kappa shape index (κ3) is 3.91. The van der Waals surface area contributed by atoms with Crippen LogP contribution in [0.5, 0.6) is 0 Å². The monoisotopic (exact) mass is 301 g/mol. The SMILES string of the molecule is C#CC(O)(C(C)(C)C)C(C)(C)Cc1cccc(CCCN)c1. The average molecular weight is 301 g/mol. The molecule has 1 rings (SSSR count). The minimum atomic E-state index is -1.17. The summed E-state index contributed by atoms with van der Waals surface area (Å²) in [5.74, 6) is 2.67. The molecule has 0 radical (unpaired) electrons. The summed E-state index contributed by atoms with van der Waals surface area (Å²) in [6.45, 7) is 10.8. The van der Waals surface area contributed by atoms with Crippen LogP contribution in [0.2, 0.25) is 0 Å². The molecule has 1 aromatic carbocycles. The van der Waals surface area contributed by atoms with Gasteiger partial charge in [0.1, 0.15) is 5.60 Å². The lowest BCUT2D eigenvalue weighted by Crippen LogP contribution is -2.54. The Kier molecular flexibility index (Phi) is 5.84. The molecule has 22 heavy (non-hydrogen) atoms. The van der Waals surface area contributed by atoms with Gasteiger partial charge in [-0.2, -0.15) is 0 Å². The summed E-state index contributed by atoms with van der Waals surface area (Å²) in [6, 6.07) is 8.51. The van der Waals surface area contributed by atoms with E-state index in [-0.39, 0.29) is 5.41 Å². The number of terminal acetylenes is 1. The second-order valence-electron chi connectivity index (χ2n) is 7.88. The Bertz CT molecular complexity index is 533. The molecule has 122 valence electrons. The first-order chi connectivity index (χ1) is 10.1. The van der Waals surface area contributed by atoms with E-state index in [1.165, 1.54) is 11.1 Å². The fraction of sp³-hybridized carbons (Fsp3) is 0.600. The van der Waals surface area contributed by atoms with Crippen LogP contribution >= 0.6 is 0 Å². The van der Waals surface area contributed by atoms with E-state index in [1.54, 1.807) is 0 Å². The number of hydrogen-bond acceptors (Lipinski definition) is 2. The summed E-state index contributed by atoms with van der Waals surface area (Å²) in [5, 5.41) is 11.1. The fourth-order valence-electron chi connectivity index (χ4n) is 3.27. The molecule has 0 bridgehead atoms. The minimum absolute atomic E-state index is 0.386. The molecule has 0 aliphatic heterocycles.